The van der Waals surface area contributed by atoms with Crippen LogP contribution >= 0.6 is 0 Å². The monoisotopic (exact) mass is 192 g/mol. The Morgan fingerprint density at radius 1 is 1.54 bits per heavy atom. The van der Waals surface area contributed by atoms with Crippen LogP contribution in [-0.2, 0) is 6.18 Å². The summed E-state index contributed by atoms with van der Waals surface area (Å²) in [6, 6.07) is -0.551. The molecule has 0 aliphatic heterocycles. The van der Waals surface area contributed by atoms with E-state index in [1.54, 1.807) is 0 Å². The Morgan fingerprint density at radius 2 is 2.15 bits per heavy atom. The normalized spacial score (nSPS) is 13.5. The first-order valence-corrected chi connectivity index (χ1v) is 3.16. The first kappa shape index (κ1) is 6.94. The number of alkyl halides is 3. The van der Waals surface area contributed by atoms with Crippen LogP contribution in [-0.4, -0.2) is 11.1 Å². The fraction of sp³-hybridized carbons (Fsp3) is 0.125. The largest absolute Gasteiger partial charge is 0.478 e. The van der Waals surface area contributed by atoms with Gasteiger partial charge in [0.1, 0.15) is 0 Å². The number of benzene rings is 1. The topological polar surface area (TPSA) is 37.3 Å². The predicted molar refractivity (Wildman–Crippen MR) is 38.4 cm³/mol. The second kappa shape index (κ2) is 3.08. The molecule has 0 aliphatic carbocycles. The molecule has 0 aliphatic rings. The molecule has 0 bridgehead atoms. The fourth-order valence-corrected chi connectivity index (χ4v) is 0.701. The first-order chi connectivity index (χ1) is 6.75. The lowest BCUT2D eigenvalue weighted by Gasteiger charge is -2.06. The van der Waals surface area contributed by atoms with E-state index in [0.29, 0.717) is 12.1 Å². The van der Waals surface area contributed by atoms with Gasteiger partial charge in [0, 0.05) is 0 Å². The Hall–Kier alpha value is -1.52. The quantitative estimate of drug-likeness (QED) is 0.741. The Balaban J connectivity index is 3.49. The lowest BCUT2D eigenvalue weighted by atomic mass is 10.1. The van der Waals surface area contributed by atoms with E-state index >= 15 is 0 Å². The zero-order valence-electron chi connectivity index (χ0n) is 8.14. The van der Waals surface area contributed by atoms with E-state index < -0.39 is 35.4 Å². The van der Waals surface area contributed by atoms with Crippen LogP contribution in [0.5, 0.6) is 0 Å². The zero-order valence-corrected chi connectivity index (χ0v) is 6.14. The van der Waals surface area contributed by atoms with Crippen LogP contribution in [0.15, 0.2) is 24.2 Å². The number of hydrogen-bond donors (Lipinski definition) is 1. The van der Waals surface area contributed by atoms with Gasteiger partial charge in [-0.1, -0.05) is 6.07 Å². The Labute approximate surface area is 74.4 Å². The highest BCUT2D eigenvalue weighted by Gasteiger charge is 2.30. The molecule has 5 heteroatoms. The number of carbonyl (C=O) groups is 1. The van der Waals surface area contributed by atoms with Gasteiger partial charge in [0.2, 0.25) is 0 Å². The Kier molecular flexibility index (Phi) is 1.65. The molecule has 0 amide bonds. The summed E-state index contributed by atoms with van der Waals surface area (Å²) in [5.74, 6) is -1.71. The van der Waals surface area contributed by atoms with Crippen LogP contribution in [0.3, 0.4) is 0 Å². The Bertz CT molecular complexity index is 415. The molecule has 0 heterocycles. The second-order valence-electron chi connectivity index (χ2n) is 2.19. The van der Waals surface area contributed by atoms with Crippen molar-refractivity contribution in [2.75, 3.05) is 0 Å². The maximum Gasteiger partial charge on any atom is 0.416 e. The van der Waals surface area contributed by atoms with E-state index in [-0.39, 0.29) is 0 Å². The van der Waals surface area contributed by atoms with E-state index in [1.807, 2.05) is 0 Å². The van der Waals surface area contributed by atoms with Crippen molar-refractivity contribution >= 4 is 5.97 Å². The van der Waals surface area contributed by atoms with Gasteiger partial charge in [-0.3, -0.25) is 0 Å². The maximum absolute atomic E-state index is 12.2. The number of carboxylic acids is 1. The standard InChI is InChI=1S/C8H5F3O2/c9-8(10,11)6-3-1-2-5(4-6)7(12)13/h1-4H,(H,12,13)/i2D,4D. The van der Waals surface area contributed by atoms with Gasteiger partial charge in [-0.25, -0.2) is 4.79 Å². The number of carboxylic acid groups (broad SMARTS) is 1. The molecule has 13 heavy (non-hydrogen) atoms. The Morgan fingerprint density at radius 3 is 2.62 bits per heavy atom. The summed E-state index contributed by atoms with van der Waals surface area (Å²) < 4.78 is 50.9. The lowest BCUT2D eigenvalue weighted by Crippen LogP contribution is -2.06. The van der Waals surface area contributed by atoms with E-state index in [0.717, 1.165) is 0 Å². The molecule has 0 aromatic heterocycles. The number of aromatic carboxylic acids is 1. The summed E-state index contributed by atoms with van der Waals surface area (Å²) in [5.41, 5.74) is -2.29. The molecule has 70 valence electrons. The van der Waals surface area contributed by atoms with Gasteiger partial charge in [0.25, 0.3) is 0 Å². The second-order valence-corrected chi connectivity index (χ2v) is 2.19. The van der Waals surface area contributed by atoms with Gasteiger partial charge in [0.05, 0.1) is 13.9 Å². The van der Waals surface area contributed by atoms with Crippen molar-refractivity contribution in [2.24, 2.45) is 0 Å². The third kappa shape index (κ3) is 2.21. The molecule has 1 aromatic rings. The molecule has 1 aromatic carbocycles. The van der Waals surface area contributed by atoms with Gasteiger partial charge in [0.15, 0.2) is 0 Å². The molecular formula is C8H5F3O2. The highest BCUT2D eigenvalue weighted by molar-refractivity contribution is 5.87. The summed E-state index contributed by atoms with van der Waals surface area (Å²) in [6.07, 6.45) is -4.78. The highest BCUT2D eigenvalue weighted by Crippen LogP contribution is 2.29. The van der Waals surface area contributed by atoms with Crippen LogP contribution in [0.25, 0.3) is 0 Å². The molecule has 0 saturated carbocycles. The summed E-state index contributed by atoms with van der Waals surface area (Å²) >= 11 is 0. The van der Waals surface area contributed by atoms with Gasteiger partial charge in [-0.15, -0.1) is 0 Å². The van der Waals surface area contributed by atoms with Crippen LogP contribution in [0.2, 0.25) is 0 Å². The average Bonchev–Trinajstić information content (AvgIpc) is 2.00. The van der Waals surface area contributed by atoms with Crippen LogP contribution < -0.4 is 0 Å². The molecule has 1 rings (SSSR count). The van der Waals surface area contributed by atoms with E-state index in [9.17, 15) is 18.0 Å². The third-order valence-corrected chi connectivity index (χ3v) is 1.26. The molecule has 0 saturated heterocycles. The molecule has 0 radical (unpaired) electrons. The van der Waals surface area contributed by atoms with E-state index in [4.69, 9.17) is 7.85 Å². The van der Waals surface area contributed by atoms with Crippen molar-refractivity contribution in [1.82, 2.24) is 0 Å². The first-order valence-electron chi connectivity index (χ1n) is 4.16. The molecule has 0 atom stereocenters. The average molecular weight is 192 g/mol. The van der Waals surface area contributed by atoms with Gasteiger partial charge in [-0.05, 0) is 18.2 Å². The molecule has 0 fully saturated rings. The molecule has 2 nitrogen and oxygen atoms in total. The molecule has 1 N–H and O–H groups in total. The van der Waals surface area contributed by atoms with Crippen molar-refractivity contribution < 1.29 is 25.8 Å². The number of hydrogen-bond acceptors (Lipinski definition) is 1. The summed E-state index contributed by atoms with van der Waals surface area (Å²) in [6.45, 7) is 0. The minimum atomic E-state index is -4.78. The van der Waals surface area contributed by atoms with Crippen LogP contribution in [0.4, 0.5) is 13.2 Å². The van der Waals surface area contributed by atoms with E-state index in [2.05, 4.69) is 0 Å². The van der Waals surface area contributed by atoms with Crippen molar-refractivity contribution in [2.45, 2.75) is 6.18 Å². The van der Waals surface area contributed by atoms with Crippen LogP contribution in [0.1, 0.15) is 18.7 Å². The van der Waals surface area contributed by atoms with Crippen molar-refractivity contribution in [3.05, 3.63) is 35.3 Å². The fourth-order valence-electron chi connectivity index (χ4n) is 0.701. The SMILES string of the molecule is [2H]c1ccc(C(F)(F)F)c([2H])c1C(=O)O. The molecule has 0 unspecified atom stereocenters. The number of halogens is 3. The van der Waals surface area contributed by atoms with Gasteiger partial charge in [-0.2, -0.15) is 13.2 Å². The molecular weight excluding hydrogens is 185 g/mol. The zero-order chi connectivity index (χ0) is 11.8. The number of rotatable bonds is 1. The van der Waals surface area contributed by atoms with Crippen molar-refractivity contribution in [1.29, 1.82) is 0 Å². The highest BCUT2D eigenvalue weighted by atomic mass is 19.4. The van der Waals surface area contributed by atoms with Gasteiger partial charge < -0.3 is 5.11 Å². The van der Waals surface area contributed by atoms with Crippen molar-refractivity contribution in [3.63, 3.8) is 0 Å². The maximum atomic E-state index is 12.2. The van der Waals surface area contributed by atoms with Crippen molar-refractivity contribution in [3.8, 4) is 0 Å². The van der Waals surface area contributed by atoms with Crippen LogP contribution in [0, 0.1) is 0 Å². The molecule has 0 spiro atoms. The summed E-state index contributed by atoms with van der Waals surface area (Å²) in [5, 5.41) is 8.53. The summed E-state index contributed by atoms with van der Waals surface area (Å²) in [4.78, 5) is 10.5. The summed E-state index contributed by atoms with van der Waals surface area (Å²) in [7, 11) is 0. The third-order valence-electron chi connectivity index (χ3n) is 1.26. The smallest absolute Gasteiger partial charge is 0.416 e. The van der Waals surface area contributed by atoms with Gasteiger partial charge >= 0.3 is 12.1 Å². The minimum absolute atomic E-state index is 0.525. The lowest BCUT2D eigenvalue weighted by molar-refractivity contribution is -0.137. The van der Waals surface area contributed by atoms with E-state index in [1.165, 1.54) is 0 Å². The minimum Gasteiger partial charge on any atom is -0.478 e. The predicted octanol–water partition coefficient (Wildman–Crippen LogP) is 2.40.